The lowest BCUT2D eigenvalue weighted by Gasteiger charge is -2.43. The maximum absolute atomic E-state index is 12.8. The normalized spacial score (nSPS) is 32.2. The number of amides is 1. The molecule has 2 aliphatic rings. The Morgan fingerprint density at radius 1 is 1.36 bits per heavy atom. The predicted octanol–water partition coefficient (Wildman–Crippen LogP) is 1.92. The summed E-state index contributed by atoms with van der Waals surface area (Å²) in [7, 11) is 0. The standard InChI is InChI=1S/C17H24N2O3/c1-17(22)8-3-2-5-13(17)14-6-4-10-19(14)16(21)12-7-9-18-15(20)11-12/h7,9,11,13-14,22H,2-6,8,10H2,1H3,(H,18,20). The van der Waals surface area contributed by atoms with E-state index in [2.05, 4.69) is 4.98 Å². The third-order valence-electron chi connectivity index (χ3n) is 5.29. The third kappa shape index (κ3) is 2.82. The summed E-state index contributed by atoms with van der Waals surface area (Å²) < 4.78 is 0. The Balaban J connectivity index is 1.84. The van der Waals surface area contributed by atoms with Crippen LogP contribution in [0.25, 0.3) is 0 Å². The van der Waals surface area contributed by atoms with Crippen LogP contribution in [0.1, 0.15) is 55.8 Å². The Morgan fingerprint density at radius 2 is 2.18 bits per heavy atom. The number of rotatable bonds is 2. The molecule has 0 spiro atoms. The molecule has 1 saturated carbocycles. The first kappa shape index (κ1) is 15.3. The number of nitrogens with zero attached hydrogens (tertiary/aromatic N) is 1. The number of carbonyl (C=O) groups is 1. The molecular weight excluding hydrogens is 280 g/mol. The highest BCUT2D eigenvalue weighted by atomic mass is 16.3. The van der Waals surface area contributed by atoms with Gasteiger partial charge in [0.2, 0.25) is 5.56 Å². The molecule has 2 heterocycles. The van der Waals surface area contributed by atoms with Crippen molar-refractivity contribution in [3.05, 3.63) is 34.2 Å². The lowest BCUT2D eigenvalue weighted by Crippen LogP contribution is -2.50. The summed E-state index contributed by atoms with van der Waals surface area (Å²) in [6.07, 6.45) is 7.36. The number of aromatic amines is 1. The van der Waals surface area contributed by atoms with Gasteiger partial charge in [-0.3, -0.25) is 9.59 Å². The highest BCUT2D eigenvalue weighted by molar-refractivity contribution is 5.94. The van der Waals surface area contributed by atoms with E-state index in [4.69, 9.17) is 0 Å². The Morgan fingerprint density at radius 3 is 2.91 bits per heavy atom. The van der Waals surface area contributed by atoms with E-state index in [-0.39, 0.29) is 23.4 Å². The van der Waals surface area contributed by atoms with Gasteiger partial charge in [0.05, 0.1) is 5.60 Å². The number of pyridine rings is 1. The zero-order valence-corrected chi connectivity index (χ0v) is 13.0. The van der Waals surface area contributed by atoms with E-state index < -0.39 is 5.60 Å². The SMILES string of the molecule is CC1(O)CCCCC1C1CCCN1C(=O)c1cc[nH]c(=O)c1. The van der Waals surface area contributed by atoms with E-state index in [0.29, 0.717) is 12.1 Å². The van der Waals surface area contributed by atoms with Crippen molar-refractivity contribution < 1.29 is 9.90 Å². The number of likely N-dealkylation sites (tertiary alicyclic amines) is 1. The Bertz CT molecular complexity index is 608. The van der Waals surface area contributed by atoms with E-state index in [1.807, 2.05) is 11.8 Å². The van der Waals surface area contributed by atoms with Gasteiger partial charge < -0.3 is 15.0 Å². The minimum atomic E-state index is -0.694. The molecule has 1 saturated heterocycles. The molecule has 1 amide bonds. The lowest BCUT2D eigenvalue weighted by atomic mass is 9.72. The average molecular weight is 304 g/mol. The molecule has 2 N–H and O–H groups in total. The molecule has 0 aromatic carbocycles. The van der Waals surface area contributed by atoms with Crippen molar-refractivity contribution in [1.82, 2.24) is 9.88 Å². The maximum atomic E-state index is 12.8. The maximum Gasteiger partial charge on any atom is 0.254 e. The molecular formula is C17H24N2O3. The van der Waals surface area contributed by atoms with Crippen LogP contribution in [0, 0.1) is 5.92 Å². The molecule has 2 fully saturated rings. The first-order valence-corrected chi connectivity index (χ1v) is 8.21. The summed E-state index contributed by atoms with van der Waals surface area (Å²) in [6.45, 7) is 2.62. The molecule has 0 bridgehead atoms. The molecule has 3 rings (SSSR count). The van der Waals surface area contributed by atoms with Gasteiger partial charge in [-0.05, 0) is 38.7 Å². The second kappa shape index (κ2) is 5.88. The van der Waals surface area contributed by atoms with E-state index in [1.165, 1.54) is 12.3 Å². The van der Waals surface area contributed by atoms with Crippen LogP contribution in [0.15, 0.2) is 23.1 Å². The van der Waals surface area contributed by atoms with E-state index in [0.717, 1.165) is 38.5 Å². The molecule has 1 aromatic heterocycles. The number of aromatic nitrogens is 1. The van der Waals surface area contributed by atoms with Crippen LogP contribution in [0.5, 0.6) is 0 Å². The molecule has 120 valence electrons. The summed E-state index contributed by atoms with van der Waals surface area (Å²) >= 11 is 0. The first-order valence-electron chi connectivity index (χ1n) is 8.21. The van der Waals surface area contributed by atoms with E-state index in [9.17, 15) is 14.7 Å². The minimum absolute atomic E-state index is 0.0853. The van der Waals surface area contributed by atoms with Gasteiger partial charge in [-0.25, -0.2) is 0 Å². The molecule has 3 atom stereocenters. The fraction of sp³-hybridized carbons (Fsp3) is 0.647. The summed E-state index contributed by atoms with van der Waals surface area (Å²) in [5.41, 5.74) is -0.516. The molecule has 1 aromatic rings. The monoisotopic (exact) mass is 304 g/mol. The summed E-state index contributed by atoms with van der Waals surface area (Å²) in [6, 6.07) is 3.09. The molecule has 1 aliphatic heterocycles. The number of aliphatic hydroxyl groups is 1. The van der Waals surface area contributed by atoms with Crippen molar-refractivity contribution in [1.29, 1.82) is 0 Å². The molecule has 0 radical (unpaired) electrons. The number of hydrogen-bond acceptors (Lipinski definition) is 3. The minimum Gasteiger partial charge on any atom is -0.390 e. The van der Waals surface area contributed by atoms with Gasteiger partial charge in [-0.2, -0.15) is 0 Å². The highest BCUT2D eigenvalue weighted by Gasteiger charge is 2.44. The molecule has 5 heteroatoms. The number of hydrogen-bond donors (Lipinski definition) is 2. The van der Waals surface area contributed by atoms with Crippen molar-refractivity contribution in [2.75, 3.05) is 6.54 Å². The summed E-state index contributed by atoms with van der Waals surface area (Å²) in [5, 5.41) is 10.7. The van der Waals surface area contributed by atoms with Gasteiger partial charge in [-0.1, -0.05) is 12.8 Å². The third-order valence-corrected chi connectivity index (χ3v) is 5.29. The van der Waals surface area contributed by atoms with Crippen LogP contribution in [-0.4, -0.2) is 39.1 Å². The fourth-order valence-electron chi connectivity index (χ4n) is 4.16. The van der Waals surface area contributed by atoms with Gasteiger partial charge in [0.1, 0.15) is 0 Å². The van der Waals surface area contributed by atoms with Crippen LogP contribution >= 0.6 is 0 Å². The Labute approximate surface area is 130 Å². The van der Waals surface area contributed by atoms with Crippen LogP contribution in [0.3, 0.4) is 0 Å². The Kier molecular flexibility index (Phi) is 4.08. The quantitative estimate of drug-likeness (QED) is 0.876. The van der Waals surface area contributed by atoms with Crippen molar-refractivity contribution in [2.24, 2.45) is 5.92 Å². The van der Waals surface area contributed by atoms with Crippen molar-refractivity contribution in [3.8, 4) is 0 Å². The molecule has 1 aliphatic carbocycles. The first-order chi connectivity index (χ1) is 10.5. The second-order valence-corrected chi connectivity index (χ2v) is 6.86. The smallest absolute Gasteiger partial charge is 0.254 e. The van der Waals surface area contributed by atoms with E-state index in [1.54, 1.807) is 6.07 Å². The number of nitrogens with one attached hydrogen (secondary N) is 1. The number of H-pyrrole nitrogens is 1. The predicted molar refractivity (Wildman–Crippen MR) is 83.7 cm³/mol. The van der Waals surface area contributed by atoms with Gasteiger partial charge in [0, 0.05) is 36.3 Å². The van der Waals surface area contributed by atoms with Gasteiger partial charge in [0.15, 0.2) is 0 Å². The second-order valence-electron chi connectivity index (χ2n) is 6.86. The van der Waals surface area contributed by atoms with Crippen molar-refractivity contribution in [2.45, 2.75) is 57.1 Å². The van der Waals surface area contributed by atoms with E-state index >= 15 is 0 Å². The highest BCUT2D eigenvalue weighted by Crippen LogP contribution is 2.40. The summed E-state index contributed by atoms with van der Waals surface area (Å²) in [4.78, 5) is 28.6. The Hall–Kier alpha value is -1.62. The van der Waals surface area contributed by atoms with Crippen molar-refractivity contribution in [3.63, 3.8) is 0 Å². The van der Waals surface area contributed by atoms with Gasteiger partial charge in [0.25, 0.3) is 5.91 Å². The zero-order chi connectivity index (χ0) is 15.7. The lowest BCUT2D eigenvalue weighted by molar-refractivity contribution is -0.0577. The molecule has 22 heavy (non-hydrogen) atoms. The van der Waals surface area contributed by atoms with Crippen LogP contribution in [0.4, 0.5) is 0 Å². The average Bonchev–Trinajstić information content (AvgIpc) is 2.95. The fourth-order valence-corrected chi connectivity index (χ4v) is 4.16. The number of carbonyl (C=O) groups excluding carboxylic acids is 1. The molecule has 5 nitrogen and oxygen atoms in total. The van der Waals surface area contributed by atoms with Crippen LogP contribution < -0.4 is 5.56 Å². The largest absolute Gasteiger partial charge is 0.390 e. The summed E-state index contributed by atoms with van der Waals surface area (Å²) in [5.74, 6) is 0.0460. The van der Waals surface area contributed by atoms with Gasteiger partial charge in [-0.15, -0.1) is 0 Å². The van der Waals surface area contributed by atoms with Crippen molar-refractivity contribution >= 4 is 5.91 Å². The van der Waals surface area contributed by atoms with Crippen LogP contribution in [-0.2, 0) is 0 Å². The zero-order valence-electron chi connectivity index (χ0n) is 13.0. The van der Waals surface area contributed by atoms with Crippen LogP contribution in [0.2, 0.25) is 0 Å². The molecule has 3 unspecified atom stereocenters. The van der Waals surface area contributed by atoms with Gasteiger partial charge >= 0.3 is 0 Å². The topological polar surface area (TPSA) is 73.4 Å².